The molecule has 0 unspecified atom stereocenters. The molecule has 1 saturated carbocycles. The quantitative estimate of drug-likeness (QED) is 0.664. The number of benzene rings is 1. The maximum atomic E-state index is 12.4. The molecule has 1 aromatic carbocycles. The first-order chi connectivity index (χ1) is 9.19. The summed E-state index contributed by atoms with van der Waals surface area (Å²) >= 11 is 0. The first-order valence-electron chi connectivity index (χ1n) is 6.94. The minimum atomic E-state index is -0.249. The number of imide groups is 1. The number of amides is 2. The van der Waals surface area contributed by atoms with Gasteiger partial charge in [0.1, 0.15) is 0 Å². The van der Waals surface area contributed by atoms with Gasteiger partial charge in [0.15, 0.2) is 0 Å². The van der Waals surface area contributed by atoms with E-state index in [1.807, 2.05) is 0 Å². The molecule has 0 spiro atoms. The molecule has 1 fully saturated rings. The van der Waals surface area contributed by atoms with Gasteiger partial charge in [-0.1, -0.05) is 33.8 Å². The number of hydrogen-bond donors (Lipinski definition) is 1. The smallest absolute Gasteiger partial charge is 0.263 e. The number of nitrogens with zero attached hydrogens (tertiary/aromatic N) is 1. The molecular weight excluding hydrogens is 252 g/mol. The molecule has 2 aliphatic rings. The van der Waals surface area contributed by atoms with E-state index in [0.717, 1.165) is 0 Å². The number of carbonyl (C=O) groups is 2. The van der Waals surface area contributed by atoms with Gasteiger partial charge in [-0.2, -0.15) is 0 Å². The Kier molecular flexibility index (Phi) is 2.38. The third-order valence-corrected chi connectivity index (χ3v) is 5.72. The summed E-state index contributed by atoms with van der Waals surface area (Å²) in [6, 6.07) is 5.06. The first-order valence-corrected chi connectivity index (χ1v) is 6.94. The van der Waals surface area contributed by atoms with Gasteiger partial charge in [-0.25, -0.2) is 0 Å². The van der Waals surface area contributed by atoms with E-state index >= 15 is 0 Å². The van der Waals surface area contributed by atoms with Crippen molar-refractivity contribution in [2.24, 2.45) is 16.7 Å². The zero-order valence-corrected chi connectivity index (χ0v) is 12.4. The van der Waals surface area contributed by atoms with Crippen molar-refractivity contribution in [1.82, 2.24) is 4.90 Å². The largest absolute Gasteiger partial charge is 0.398 e. The van der Waals surface area contributed by atoms with Crippen LogP contribution in [-0.4, -0.2) is 23.3 Å². The van der Waals surface area contributed by atoms with E-state index in [2.05, 4.69) is 27.7 Å². The SMILES string of the molecule is CC1(C)C(CN2C(=O)c3cccc(N)c3C2=O)C1(C)C. The van der Waals surface area contributed by atoms with Gasteiger partial charge in [0.25, 0.3) is 11.8 Å². The lowest BCUT2D eigenvalue weighted by Gasteiger charge is -2.15. The molecule has 1 heterocycles. The lowest BCUT2D eigenvalue weighted by molar-refractivity contribution is 0.0639. The zero-order valence-electron chi connectivity index (χ0n) is 12.4. The van der Waals surface area contributed by atoms with Gasteiger partial charge in [-0.3, -0.25) is 14.5 Å². The Bertz CT molecular complexity index is 617. The standard InChI is InChI=1S/C16H20N2O2/c1-15(2)11(16(15,3)4)8-18-13(19)9-6-5-7-10(17)12(9)14(18)20/h5-7,11H,8,17H2,1-4H3. The average molecular weight is 272 g/mol. The van der Waals surface area contributed by atoms with Crippen molar-refractivity contribution in [2.75, 3.05) is 12.3 Å². The summed E-state index contributed by atoms with van der Waals surface area (Å²) in [5.41, 5.74) is 7.33. The van der Waals surface area contributed by atoms with E-state index in [1.54, 1.807) is 18.2 Å². The van der Waals surface area contributed by atoms with Gasteiger partial charge in [0.2, 0.25) is 0 Å². The van der Waals surface area contributed by atoms with E-state index in [4.69, 9.17) is 5.73 Å². The van der Waals surface area contributed by atoms with Crippen LogP contribution in [0, 0.1) is 16.7 Å². The summed E-state index contributed by atoms with van der Waals surface area (Å²) in [5.74, 6) is -0.129. The molecule has 4 nitrogen and oxygen atoms in total. The molecule has 20 heavy (non-hydrogen) atoms. The molecule has 0 radical (unpaired) electrons. The second kappa shape index (κ2) is 3.62. The second-order valence-corrected chi connectivity index (χ2v) is 6.99. The van der Waals surface area contributed by atoms with Crippen LogP contribution in [0.2, 0.25) is 0 Å². The maximum Gasteiger partial charge on any atom is 0.263 e. The van der Waals surface area contributed by atoms with Crippen LogP contribution in [-0.2, 0) is 0 Å². The van der Waals surface area contributed by atoms with E-state index < -0.39 is 0 Å². The molecule has 1 aliphatic carbocycles. The Morgan fingerprint density at radius 3 is 2.20 bits per heavy atom. The molecule has 0 atom stereocenters. The van der Waals surface area contributed by atoms with Crippen molar-refractivity contribution < 1.29 is 9.59 Å². The minimum absolute atomic E-state index is 0.147. The van der Waals surface area contributed by atoms with Crippen molar-refractivity contribution in [3.63, 3.8) is 0 Å². The van der Waals surface area contributed by atoms with E-state index in [1.165, 1.54) is 4.90 Å². The Balaban J connectivity index is 1.91. The summed E-state index contributed by atoms with van der Waals surface area (Å²) in [4.78, 5) is 26.2. The highest BCUT2D eigenvalue weighted by molar-refractivity contribution is 6.23. The Morgan fingerprint density at radius 1 is 1.10 bits per heavy atom. The fourth-order valence-corrected chi connectivity index (χ4v) is 3.50. The first kappa shape index (κ1) is 13.2. The van der Waals surface area contributed by atoms with Crippen LogP contribution in [0.4, 0.5) is 5.69 Å². The van der Waals surface area contributed by atoms with Crippen LogP contribution < -0.4 is 5.73 Å². The molecule has 0 bridgehead atoms. The maximum absolute atomic E-state index is 12.4. The second-order valence-electron chi connectivity index (χ2n) is 6.99. The topological polar surface area (TPSA) is 63.4 Å². The molecule has 0 saturated heterocycles. The van der Waals surface area contributed by atoms with Crippen LogP contribution >= 0.6 is 0 Å². The van der Waals surface area contributed by atoms with Crippen molar-refractivity contribution in [2.45, 2.75) is 27.7 Å². The molecule has 1 aliphatic heterocycles. The van der Waals surface area contributed by atoms with Crippen molar-refractivity contribution in [3.05, 3.63) is 29.3 Å². The zero-order chi connectivity index (χ0) is 14.9. The van der Waals surface area contributed by atoms with Crippen LogP contribution in [0.5, 0.6) is 0 Å². The number of fused-ring (bicyclic) bond motifs is 1. The summed E-state index contributed by atoms with van der Waals surface area (Å²) in [6.45, 7) is 9.22. The Morgan fingerprint density at radius 2 is 1.70 bits per heavy atom. The van der Waals surface area contributed by atoms with Gasteiger partial charge in [-0.15, -0.1) is 0 Å². The van der Waals surface area contributed by atoms with Crippen molar-refractivity contribution in [3.8, 4) is 0 Å². The van der Waals surface area contributed by atoms with Crippen LogP contribution in [0.15, 0.2) is 18.2 Å². The molecule has 3 rings (SSSR count). The van der Waals surface area contributed by atoms with Crippen molar-refractivity contribution >= 4 is 17.5 Å². The minimum Gasteiger partial charge on any atom is -0.398 e. The Labute approximate surface area is 118 Å². The fourth-order valence-electron chi connectivity index (χ4n) is 3.50. The number of hydrogen-bond acceptors (Lipinski definition) is 3. The molecule has 4 heteroatoms. The normalized spacial score (nSPS) is 23.1. The van der Waals surface area contributed by atoms with Crippen LogP contribution in [0.1, 0.15) is 48.4 Å². The van der Waals surface area contributed by atoms with Crippen LogP contribution in [0.3, 0.4) is 0 Å². The molecule has 0 aromatic heterocycles. The van der Waals surface area contributed by atoms with E-state index in [9.17, 15) is 9.59 Å². The van der Waals surface area contributed by atoms with Crippen LogP contribution in [0.25, 0.3) is 0 Å². The molecular formula is C16H20N2O2. The lowest BCUT2D eigenvalue weighted by Crippen LogP contribution is -2.33. The molecule has 2 N–H and O–H groups in total. The van der Waals surface area contributed by atoms with Gasteiger partial charge in [-0.05, 0) is 28.9 Å². The highest BCUT2D eigenvalue weighted by Gasteiger charge is 2.65. The highest BCUT2D eigenvalue weighted by atomic mass is 16.2. The number of anilines is 1. The number of nitrogen functional groups attached to an aromatic ring is 1. The number of carbonyl (C=O) groups excluding carboxylic acids is 2. The summed E-state index contributed by atoms with van der Waals surface area (Å²) in [5, 5.41) is 0. The Hall–Kier alpha value is -1.84. The monoisotopic (exact) mass is 272 g/mol. The third kappa shape index (κ3) is 1.42. The van der Waals surface area contributed by atoms with E-state index in [-0.39, 0.29) is 22.6 Å². The lowest BCUT2D eigenvalue weighted by atomic mass is 10.0. The number of rotatable bonds is 2. The van der Waals surface area contributed by atoms with Gasteiger partial charge in [0.05, 0.1) is 11.1 Å². The van der Waals surface area contributed by atoms with Gasteiger partial charge >= 0.3 is 0 Å². The van der Waals surface area contributed by atoms with E-state index in [0.29, 0.717) is 29.3 Å². The van der Waals surface area contributed by atoms with Gasteiger partial charge in [0, 0.05) is 12.2 Å². The predicted octanol–water partition coefficient (Wildman–Crippen LogP) is 2.55. The summed E-state index contributed by atoms with van der Waals surface area (Å²) in [6.07, 6.45) is 0. The molecule has 2 amide bonds. The third-order valence-electron chi connectivity index (χ3n) is 5.72. The van der Waals surface area contributed by atoms with Gasteiger partial charge < -0.3 is 5.73 Å². The summed E-state index contributed by atoms with van der Waals surface area (Å²) < 4.78 is 0. The highest BCUT2D eigenvalue weighted by Crippen LogP contribution is 2.68. The van der Waals surface area contributed by atoms with Crippen molar-refractivity contribution in [1.29, 1.82) is 0 Å². The molecule has 106 valence electrons. The predicted molar refractivity (Wildman–Crippen MR) is 77.3 cm³/mol. The molecule has 1 aromatic rings. The fraction of sp³-hybridized carbons (Fsp3) is 0.500. The summed E-state index contributed by atoms with van der Waals surface area (Å²) in [7, 11) is 0. The average Bonchev–Trinajstić information content (AvgIpc) is 2.60. The number of nitrogens with two attached hydrogens (primary N) is 1.